The number of benzene rings is 1. The van der Waals surface area contributed by atoms with Crippen molar-refractivity contribution in [1.29, 1.82) is 0 Å². The molecule has 1 aliphatic rings. The number of rotatable bonds is 7. The number of aromatic nitrogens is 1. The van der Waals surface area contributed by atoms with Crippen LogP contribution in [0.25, 0.3) is 0 Å². The van der Waals surface area contributed by atoms with Crippen molar-refractivity contribution in [3.05, 3.63) is 47.0 Å². The van der Waals surface area contributed by atoms with Crippen LogP contribution in [0, 0.1) is 5.92 Å². The topological polar surface area (TPSA) is 62.2 Å². The molecule has 5 heteroatoms. The normalized spacial score (nSPS) is 18.4. The standard InChI is InChI=1S/C21H28N2O2S/c1-3-21(2,25)17-10-8-16(9-11-17)18(14-15-6-4-5-7-15)19(24)23-20-22-12-13-26-20/h8-13,15,18,25H,3-7,14H2,1-2H3,(H,22,23,24). The number of hydrogen-bond donors (Lipinski definition) is 2. The molecule has 4 nitrogen and oxygen atoms in total. The van der Waals surface area contributed by atoms with Gasteiger partial charge >= 0.3 is 0 Å². The van der Waals surface area contributed by atoms with Gasteiger partial charge < -0.3 is 10.4 Å². The van der Waals surface area contributed by atoms with Crippen LogP contribution in [-0.4, -0.2) is 16.0 Å². The Morgan fingerprint density at radius 2 is 2.04 bits per heavy atom. The van der Waals surface area contributed by atoms with E-state index in [1.165, 1.54) is 37.0 Å². The molecule has 140 valence electrons. The SMILES string of the molecule is CCC(C)(O)c1ccc(C(CC2CCCC2)C(=O)Nc2nccs2)cc1. The average Bonchev–Trinajstić information content (AvgIpc) is 3.33. The monoisotopic (exact) mass is 372 g/mol. The van der Waals surface area contributed by atoms with Crippen LogP contribution in [0.3, 0.4) is 0 Å². The summed E-state index contributed by atoms with van der Waals surface area (Å²) >= 11 is 1.44. The first kappa shape index (κ1) is 19.1. The van der Waals surface area contributed by atoms with Crippen LogP contribution >= 0.6 is 11.3 Å². The van der Waals surface area contributed by atoms with Gasteiger partial charge in [-0.25, -0.2) is 4.98 Å². The Kier molecular flexibility index (Phi) is 6.09. The van der Waals surface area contributed by atoms with E-state index in [1.807, 2.05) is 43.5 Å². The molecule has 0 aliphatic heterocycles. The fraction of sp³-hybridized carbons (Fsp3) is 0.524. The Hall–Kier alpha value is -1.72. The van der Waals surface area contributed by atoms with Crippen LogP contribution in [0.15, 0.2) is 35.8 Å². The van der Waals surface area contributed by atoms with Crippen LogP contribution < -0.4 is 5.32 Å². The Morgan fingerprint density at radius 1 is 1.35 bits per heavy atom. The highest BCUT2D eigenvalue weighted by Gasteiger charge is 2.28. The Balaban J connectivity index is 1.80. The van der Waals surface area contributed by atoms with E-state index in [2.05, 4.69) is 10.3 Å². The highest BCUT2D eigenvalue weighted by Crippen LogP contribution is 2.35. The lowest BCUT2D eigenvalue weighted by atomic mass is 9.85. The Labute approximate surface area is 159 Å². The minimum atomic E-state index is -0.831. The lowest BCUT2D eigenvalue weighted by molar-refractivity contribution is -0.118. The van der Waals surface area contributed by atoms with Crippen molar-refractivity contribution < 1.29 is 9.90 Å². The van der Waals surface area contributed by atoms with Gasteiger partial charge in [-0.05, 0) is 36.8 Å². The maximum Gasteiger partial charge on any atom is 0.233 e. The summed E-state index contributed by atoms with van der Waals surface area (Å²) < 4.78 is 0. The predicted octanol–water partition coefficient (Wildman–Crippen LogP) is 5.06. The number of anilines is 1. The first-order chi connectivity index (χ1) is 12.5. The third kappa shape index (κ3) is 4.51. The molecule has 1 aromatic heterocycles. The van der Waals surface area contributed by atoms with Crippen molar-refractivity contribution in [1.82, 2.24) is 4.98 Å². The number of nitrogens with zero attached hydrogens (tertiary/aromatic N) is 1. The molecule has 1 aliphatic carbocycles. The average molecular weight is 373 g/mol. The molecular formula is C21H28N2O2S. The number of thiazole rings is 1. The summed E-state index contributed by atoms with van der Waals surface area (Å²) in [6.07, 6.45) is 8.19. The molecule has 2 unspecified atom stereocenters. The molecule has 1 amide bonds. The summed E-state index contributed by atoms with van der Waals surface area (Å²) in [6, 6.07) is 7.91. The first-order valence-electron chi connectivity index (χ1n) is 9.53. The fourth-order valence-corrected chi connectivity index (χ4v) is 4.26. The molecule has 1 saturated carbocycles. The predicted molar refractivity (Wildman–Crippen MR) is 106 cm³/mol. The van der Waals surface area contributed by atoms with Gasteiger partial charge in [0, 0.05) is 11.6 Å². The molecule has 26 heavy (non-hydrogen) atoms. The molecular weight excluding hydrogens is 344 g/mol. The van der Waals surface area contributed by atoms with Gasteiger partial charge in [0.15, 0.2) is 5.13 Å². The summed E-state index contributed by atoms with van der Waals surface area (Å²) in [5, 5.41) is 15.9. The lowest BCUT2D eigenvalue weighted by Gasteiger charge is -2.24. The highest BCUT2D eigenvalue weighted by molar-refractivity contribution is 7.13. The van der Waals surface area contributed by atoms with Gasteiger partial charge in [0.2, 0.25) is 5.91 Å². The number of hydrogen-bond acceptors (Lipinski definition) is 4. The number of carbonyl (C=O) groups excluding carboxylic acids is 1. The van der Waals surface area contributed by atoms with Crippen molar-refractivity contribution in [3.8, 4) is 0 Å². The largest absolute Gasteiger partial charge is 0.385 e. The van der Waals surface area contributed by atoms with Gasteiger partial charge in [-0.15, -0.1) is 11.3 Å². The quantitative estimate of drug-likeness (QED) is 0.714. The van der Waals surface area contributed by atoms with Gasteiger partial charge in [-0.3, -0.25) is 4.79 Å². The van der Waals surface area contributed by atoms with Crippen LogP contribution in [0.5, 0.6) is 0 Å². The fourth-order valence-electron chi connectivity index (χ4n) is 3.73. The van der Waals surface area contributed by atoms with E-state index in [-0.39, 0.29) is 11.8 Å². The molecule has 0 radical (unpaired) electrons. The van der Waals surface area contributed by atoms with Crippen molar-refractivity contribution in [2.45, 2.75) is 63.9 Å². The summed E-state index contributed by atoms with van der Waals surface area (Å²) in [5.74, 6) is 0.449. The van der Waals surface area contributed by atoms with Gasteiger partial charge in [0.1, 0.15) is 0 Å². The van der Waals surface area contributed by atoms with Crippen LogP contribution in [0.4, 0.5) is 5.13 Å². The van der Waals surface area contributed by atoms with E-state index < -0.39 is 5.60 Å². The highest BCUT2D eigenvalue weighted by atomic mass is 32.1. The maximum atomic E-state index is 12.9. The zero-order valence-corrected chi connectivity index (χ0v) is 16.4. The second-order valence-electron chi connectivity index (χ2n) is 7.51. The number of aliphatic hydroxyl groups is 1. The van der Waals surface area contributed by atoms with E-state index in [4.69, 9.17) is 0 Å². The van der Waals surface area contributed by atoms with Gasteiger partial charge in [0.05, 0.1) is 11.5 Å². The lowest BCUT2D eigenvalue weighted by Crippen LogP contribution is -2.24. The summed E-state index contributed by atoms with van der Waals surface area (Å²) in [5.41, 5.74) is 1.08. The van der Waals surface area contributed by atoms with Gasteiger partial charge in [-0.2, -0.15) is 0 Å². The van der Waals surface area contributed by atoms with E-state index in [1.54, 1.807) is 6.20 Å². The molecule has 2 atom stereocenters. The number of amides is 1. The second kappa shape index (κ2) is 8.31. The minimum absolute atomic E-state index is 0.0156. The zero-order chi connectivity index (χ0) is 18.6. The summed E-state index contributed by atoms with van der Waals surface area (Å²) in [7, 11) is 0. The smallest absolute Gasteiger partial charge is 0.233 e. The van der Waals surface area contributed by atoms with E-state index in [0.717, 1.165) is 17.5 Å². The van der Waals surface area contributed by atoms with Gasteiger partial charge in [-0.1, -0.05) is 56.9 Å². The molecule has 1 aromatic carbocycles. The van der Waals surface area contributed by atoms with E-state index in [0.29, 0.717) is 17.5 Å². The van der Waals surface area contributed by atoms with Crippen molar-refractivity contribution in [3.63, 3.8) is 0 Å². The Morgan fingerprint density at radius 3 is 2.62 bits per heavy atom. The number of nitrogens with one attached hydrogen (secondary N) is 1. The molecule has 2 N–H and O–H groups in total. The molecule has 2 aromatic rings. The minimum Gasteiger partial charge on any atom is -0.385 e. The third-order valence-corrected chi connectivity index (χ3v) is 6.33. The van der Waals surface area contributed by atoms with Crippen LogP contribution in [0.2, 0.25) is 0 Å². The maximum absolute atomic E-state index is 12.9. The third-order valence-electron chi connectivity index (χ3n) is 5.65. The van der Waals surface area contributed by atoms with Crippen molar-refractivity contribution >= 4 is 22.4 Å². The first-order valence-corrected chi connectivity index (χ1v) is 10.4. The zero-order valence-electron chi connectivity index (χ0n) is 15.6. The molecule has 0 bridgehead atoms. The second-order valence-corrected chi connectivity index (χ2v) is 8.41. The van der Waals surface area contributed by atoms with E-state index in [9.17, 15) is 9.90 Å². The Bertz CT molecular complexity index is 704. The summed E-state index contributed by atoms with van der Waals surface area (Å²) in [6.45, 7) is 3.80. The van der Waals surface area contributed by atoms with Crippen LogP contribution in [-0.2, 0) is 10.4 Å². The number of carbonyl (C=O) groups is 1. The van der Waals surface area contributed by atoms with Crippen LogP contribution in [0.1, 0.15) is 69.4 Å². The van der Waals surface area contributed by atoms with Gasteiger partial charge in [0.25, 0.3) is 0 Å². The summed E-state index contributed by atoms with van der Waals surface area (Å²) in [4.78, 5) is 17.1. The molecule has 0 saturated heterocycles. The molecule has 0 spiro atoms. The van der Waals surface area contributed by atoms with E-state index >= 15 is 0 Å². The molecule has 1 heterocycles. The van der Waals surface area contributed by atoms with Crippen molar-refractivity contribution in [2.75, 3.05) is 5.32 Å². The van der Waals surface area contributed by atoms with Crippen molar-refractivity contribution in [2.24, 2.45) is 5.92 Å². The molecule has 3 rings (SSSR count). The molecule has 1 fully saturated rings.